The van der Waals surface area contributed by atoms with E-state index in [1.54, 1.807) is 26.2 Å². The molecule has 1 amide bonds. The van der Waals surface area contributed by atoms with Crippen LogP contribution in [0.4, 0.5) is 0 Å². The number of benzene rings is 1. The Balaban J connectivity index is 2.45. The number of esters is 1. The molecule has 0 fully saturated rings. The maximum Gasteiger partial charge on any atom is 0.340 e. The largest absolute Gasteiger partial charge is 0.490 e. The summed E-state index contributed by atoms with van der Waals surface area (Å²) in [5.41, 5.74) is 1.83. The van der Waals surface area contributed by atoms with Crippen molar-refractivity contribution in [2.75, 3.05) is 40.6 Å². The van der Waals surface area contributed by atoms with E-state index in [4.69, 9.17) is 18.9 Å². The fourth-order valence-electron chi connectivity index (χ4n) is 3.06. The maximum atomic E-state index is 13.0. The summed E-state index contributed by atoms with van der Waals surface area (Å²) in [7, 11) is 2.87. The van der Waals surface area contributed by atoms with E-state index in [-0.39, 0.29) is 17.1 Å². The Bertz CT molecular complexity index is 812. The number of nitrogens with zero attached hydrogens (tertiary/aromatic N) is 1. The van der Waals surface area contributed by atoms with Crippen LogP contribution in [0.15, 0.2) is 35.0 Å². The van der Waals surface area contributed by atoms with E-state index in [2.05, 4.69) is 0 Å². The van der Waals surface area contributed by atoms with Crippen molar-refractivity contribution in [2.45, 2.75) is 27.2 Å². The second-order valence-corrected chi connectivity index (χ2v) is 6.45. The highest BCUT2D eigenvalue weighted by Crippen LogP contribution is 2.34. The Morgan fingerprint density at radius 3 is 2.48 bits per heavy atom. The number of allylic oxidation sites excluding steroid dienone is 1. The van der Waals surface area contributed by atoms with Gasteiger partial charge < -0.3 is 23.8 Å². The topological polar surface area (TPSA) is 74.3 Å². The van der Waals surface area contributed by atoms with Crippen molar-refractivity contribution >= 4 is 18.0 Å². The molecule has 158 valence electrons. The smallest absolute Gasteiger partial charge is 0.340 e. The molecule has 29 heavy (non-hydrogen) atoms. The lowest BCUT2D eigenvalue weighted by atomic mass is 10.0. The first-order valence-corrected chi connectivity index (χ1v) is 9.70. The Kier molecular flexibility index (Phi) is 8.27. The molecule has 1 aromatic carbocycles. The molecule has 2 rings (SSSR count). The molecule has 0 N–H and O–H groups in total. The molecule has 1 aliphatic heterocycles. The van der Waals surface area contributed by atoms with Crippen LogP contribution in [0.25, 0.3) is 6.08 Å². The van der Waals surface area contributed by atoms with E-state index in [1.165, 1.54) is 12.0 Å². The number of hydrogen-bond acceptors (Lipinski definition) is 6. The van der Waals surface area contributed by atoms with E-state index in [0.717, 1.165) is 12.0 Å². The van der Waals surface area contributed by atoms with E-state index in [1.807, 2.05) is 26.0 Å². The van der Waals surface area contributed by atoms with Crippen molar-refractivity contribution in [3.63, 3.8) is 0 Å². The third-order valence-corrected chi connectivity index (χ3v) is 4.46. The molecule has 0 saturated carbocycles. The van der Waals surface area contributed by atoms with Crippen molar-refractivity contribution in [3.8, 4) is 11.5 Å². The van der Waals surface area contributed by atoms with Gasteiger partial charge in [-0.1, -0.05) is 13.0 Å². The first-order valence-electron chi connectivity index (χ1n) is 9.70. The molecule has 0 radical (unpaired) electrons. The van der Waals surface area contributed by atoms with Crippen LogP contribution in [0.5, 0.6) is 11.5 Å². The van der Waals surface area contributed by atoms with Crippen molar-refractivity contribution in [3.05, 3.63) is 40.6 Å². The molecule has 7 nitrogen and oxygen atoms in total. The van der Waals surface area contributed by atoms with Gasteiger partial charge in [-0.25, -0.2) is 4.79 Å². The third-order valence-electron chi connectivity index (χ3n) is 4.46. The van der Waals surface area contributed by atoms with E-state index in [9.17, 15) is 9.59 Å². The van der Waals surface area contributed by atoms with Crippen molar-refractivity contribution < 1.29 is 28.5 Å². The fraction of sp³-hybridized carbons (Fsp3) is 0.455. The lowest BCUT2D eigenvalue weighted by Gasteiger charge is -2.16. The lowest BCUT2D eigenvalue weighted by Crippen LogP contribution is -2.28. The van der Waals surface area contributed by atoms with E-state index < -0.39 is 5.97 Å². The third kappa shape index (κ3) is 5.17. The quantitative estimate of drug-likeness (QED) is 0.441. The van der Waals surface area contributed by atoms with Gasteiger partial charge >= 0.3 is 5.97 Å². The summed E-state index contributed by atoms with van der Waals surface area (Å²) in [6.07, 6.45) is 2.56. The Morgan fingerprint density at radius 1 is 1.10 bits per heavy atom. The van der Waals surface area contributed by atoms with Gasteiger partial charge in [0.05, 0.1) is 38.1 Å². The molecule has 0 atom stereocenters. The highest BCUT2D eigenvalue weighted by atomic mass is 16.5. The highest BCUT2D eigenvalue weighted by molar-refractivity contribution is 6.16. The molecule has 1 aliphatic rings. The van der Waals surface area contributed by atoms with Crippen LogP contribution in [0, 0.1) is 0 Å². The number of carbonyl (C=O) groups is 2. The van der Waals surface area contributed by atoms with Gasteiger partial charge in [-0.2, -0.15) is 0 Å². The summed E-state index contributed by atoms with van der Waals surface area (Å²) in [6, 6.07) is 5.44. The van der Waals surface area contributed by atoms with Gasteiger partial charge in [0.15, 0.2) is 11.5 Å². The number of methoxy groups -OCH3 is 2. The second kappa shape index (κ2) is 10.7. The molecule has 1 aromatic rings. The number of amides is 1. The standard InChI is InChI=1S/C22H29NO6/c1-6-11-29-18-9-8-16(14-19(18)28-7-2)13-17-20(22(25)27-5)15(3)23(21(17)24)10-12-26-4/h8-9,13-14H,6-7,10-12H2,1-5H3. The molecule has 0 unspecified atom stereocenters. The van der Waals surface area contributed by atoms with Crippen LogP contribution in [-0.4, -0.2) is 57.4 Å². The van der Waals surface area contributed by atoms with Crippen LogP contribution in [0.3, 0.4) is 0 Å². The average molecular weight is 403 g/mol. The monoisotopic (exact) mass is 403 g/mol. The highest BCUT2D eigenvalue weighted by Gasteiger charge is 2.36. The number of hydrogen-bond donors (Lipinski definition) is 0. The van der Waals surface area contributed by atoms with Crippen molar-refractivity contribution in [1.29, 1.82) is 0 Å². The minimum absolute atomic E-state index is 0.260. The SMILES string of the molecule is CCCOc1ccc(C=C2C(=O)N(CCOC)C(C)=C2C(=O)OC)cc1OCC. The van der Waals surface area contributed by atoms with Crippen molar-refractivity contribution in [1.82, 2.24) is 4.90 Å². The maximum absolute atomic E-state index is 13.0. The van der Waals surface area contributed by atoms with Gasteiger partial charge in [-0.05, 0) is 44.0 Å². The predicted molar refractivity (Wildman–Crippen MR) is 110 cm³/mol. The van der Waals surface area contributed by atoms with Crippen LogP contribution in [0.1, 0.15) is 32.8 Å². The first-order chi connectivity index (χ1) is 14.0. The predicted octanol–water partition coefficient (Wildman–Crippen LogP) is 3.19. The Labute approximate surface area is 171 Å². The van der Waals surface area contributed by atoms with Crippen LogP contribution >= 0.6 is 0 Å². The van der Waals surface area contributed by atoms with Gasteiger partial charge in [-0.3, -0.25) is 4.79 Å². The molecule has 0 spiro atoms. The fourth-order valence-corrected chi connectivity index (χ4v) is 3.06. The summed E-state index contributed by atoms with van der Waals surface area (Å²) in [6.45, 7) is 7.44. The van der Waals surface area contributed by atoms with Gasteiger partial charge in [0.1, 0.15) is 0 Å². The molecule has 0 aliphatic carbocycles. The summed E-state index contributed by atoms with van der Waals surface area (Å²) in [4.78, 5) is 26.9. The molecule has 1 heterocycles. The Morgan fingerprint density at radius 2 is 1.86 bits per heavy atom. The number of carbonyl (C=O) groups excluding carboxylic acids is 2. The van der Waals surface area contributed by atoms with Crippen LogP contribution < -0.4 is 9.47 Å². The lowest BCUT2D eigenvalue weighted by molar-refractivity contribution is -0.136. The molecular weight excluding hydrogens is 374 g/mol. The normalized spacial score (nSPS) is 15.3. The van der Waals surface area contributed by atoms with Gasteiger partial charge in [0.2, 0.25) is 0 Å². The number of ether oxygens (including phenoxy) is 4. The summed E-state index contributed by atoms with van der Waals surface area (Å²) in [5, 5.41) is 0. The van der Waals surface area contributed by atoms with Crippen LogP contribution in [-0.2, 0) is 19.1 Å². The Hall–Kier alpha value is -2.80. The molecule has 0 aromatic heterocycles. The zero-order valence-corrected chi connectivity index (χ0v) is 17.7. The molecule has 0 bridgehead atoms. The summed E-state index contributed by atoms with van der Waals surface area (Å²) < 4.78 is 21.4. The molecule has 0 saturated heterocycles. The van der Waals surface area contributed by atoms with E-state index in [0.29, 0.717) is 43.6 Å². The zero-order chi connectivity index (χ0) is 21.4. The average Bonchev–Trinajstić information content (AvgIpc) is 2.95. The van der Waals surface area contributed by atoms with Gasteiger partial charge in [0.25, 0.3) is 5.91 Å². The minimum atomic E-state index is -0.546. The first kappa shape index (κ1) is 22.5. The summed E-state index contributed by atoms with van der Waals surface area (Å²) >= 11 is 0. The van der Waals surface area contributed by atoms with Crippen LogP contribution in [0.2, 0.25) is 0 Å². The van der Waals surface area contributed by atoms with Gasteiger partial charge in [-0.15, -0.1) is 0 Å². The van der Waals surface area contributed by atoms with E-state index >= 15 is 0 Å². The number of rotatable bonds is 10. The van der Waals surface area contributed by atoms with Crippen molar-refractivity contribution in [2.24, 2.45) is 0 Å². The minimum Gasteiger partial charge on any atom is -0.490 e. The second-order valence-electron chi connectivity index (χ2n) is 6.45. The molecular formula is C22H29NO6. The molecule has 7 heteroatoms. The summed E-state index contributed by atoms with van der Waals surface area (Å²) in [5.74, 6) is 0.437. The zero-order valence-electron chi connectivity index (χ0n) is 17.7. The van der Waals surface area contributed by atoms with Gasteiger partial charge in [0, 0.05) is 19.4 Å².